The molecule has 2 fully saturated rings. The first-order valence-corrected chi connectivity index (χ1v) is 8.60. The van der Waals surface area contributed by atoms with Crippen LogP contribution in [-0.2, 0) is 9.47 Å². The van der Waals surface area contributed by atoms with Crippen molar-refractivity contribution in [3.63, 3.8) is 0 Å². The number of aryl methyl sites for hydroxylation is 2. The van der Waals surface area contributed by atoms with Crippen LogP contribution >= 0.6 is 0 Å². The summed E-state index contributed by atoms with van der Waals surface area (Å²) in [6.07, 6.45) is 0.0138. The molecule has 4 rings (SSSR count). The van der Waals surface area contributed by atoms with Crippen LogP contribution in [-0.4, -0.2) is 25.3 Å². The number of ether oxygens (including phenoxy) is 2. The molecule has 2 aliphatic rings. The molecule has 2 aromatic rings. The molecule has 2 heterocycles. The van der Waals surface area contributed by atoms with E-state index in [2.05, 4.69) is 73.0 Å². The van der Waals surface area contributed by atoms with Crippen molar-refractivity contribution in [1.82, 2.24) is 10.6 Å². The third kappa shape index (κ3) is 3.23. The van der Waals surface area contributed by atoms with E-state index in [4.69, 9.17) is 9.47 Å². The first kappa shape index (κ1) is 15.8. The number of nitrogens with one attached hydrogen (secondary N) is 2. The second kappa shape index (κ2) is 6.65. The van der Waals surface area contributed by atoms with Crippen molar-refractivity contribution >= 4 is 0 Å². The summed E-state index contributed by atoms with van der Waals surface area (Å²) in [4.78, 5) is 0. The third-order valence-electron chi connectivity index (χ3n) is 4.81. The normalized spacial score (nSPS) is 29.9. The average Bonchev–Trinajstić information content (AvgIpc) is 2.62. The molecule has 0 amide bonds. The lowest BCUT2D eigenvalue weighted by atomic mass is 10.0. The lowest BCUT2D eigenvalue weighted by Gasteiger charge is -2.43. The minimum absolute atomic E-state index is 0.0619. The number of hydrogen-bond acceptors (Lipinski definition) is 4. The quantitative estimate of drug-likeness (QED) is 0.891. The van der Waals surface area contributed by atoms with Gasteiger partial charge in [0.05, 0.1) is 12.2 Å². The van der Waals surface area contributed by atoms with Crippen LogP contribution < -0.4 is 10.6 Å². The van der Waals surface area contributed by atoms with E-state index in [0.29, 0.717) is 0 Å². The maximum absolute atomic E-state index is 6.22. The lowest BCUT2D eigenvalue weighted by Crippen LogP contribution is -2.57. The summed E-state index contributed by atoms with van der Waals surface area (Å²) in [5.74, 6) is 0. The zero-order valence-electron chi connectivity index (χ0n) is 14.2. The van der Waals surface area contributed by atoms with Crippen molar-refractivity contribution in [1.29, 1.82) is 0 Å². The van der Waals surface area contributed by atoms with Crippen LogP contribution in [0.1, 0.15) is 34.7 Å². The van der Waals surface area contributed by atoms with Crippen LogP contribution in [0.2, 0.25) is 0 Å². The molecule has 126 valence electrons. The lowest BCUT2D eigenvalue weighted by molar-refractivity contribution is -0.194. The van der Waals surface area contributed by atoms with Gasteiger partial charge in [0.1, 0.15) is 12.5 Å². The minimum Gasteiger partial charge on any atom is -0.352 e. The summed E-state index contributed by atoms with van der Waals surface area (Å²) in [6.45, 7) is 5.79. The summed E-state index contributed by atoms with van der Waals surface area (Å²) in [5, 5.41) is 6.92. The molecule has 2 N–H and O–H groups in total. The Labute approximate surface area is 143 Å². The van der Waals surface area contributed by atoms with E-state index >= 15 is 0 Å². The highest BCUT2D eigenvalue weighted by Gasteiger charge is 2.37. The van der Waals surface area contributed by atoms with E-state index in [1.807, 2.05) is 0 Å². The smallest absolute Gasteiger partial charge is 0.134 e. The van der Waals surface area contributed by atoms with Gasteiger partial charge < -0.3 is 9.47 Å². The summed E-state index contributed by atoms with van der Waals surface area (Å²) in [6, 6.07) is 17.0. The van der Waals surface area contributed by atoms with Gasteiger partial charge in [-0.25, -0.2) is 0 Å². The molecule has 4 heteroatoms. The molecule has 0 saturated carbocycles. The number of benzene rings is 2. The Bertz CT molecular complexity index is 622. The highest BCUT2D eigenvalue weighted by Crippen LogP contribution is 2.29. The molecular formula is C20H24N2O2. The molecule has 0 radical (unpaired) electrons. The van der Waals surface area contributed by atoms with E-state index < -0.39 is 0 Å². The molecule has 0 spiro atoms. The van der Waals surface area contributed by atoms with E-state index in [1.165, 1.54) is 22.3 Å². The third-order valence-corrected chi connectivity index (χ3v) is 4.81. The molecule has 4 nitrogen and oxygen atoms in total. The molecule has 0 bridgehead atoms. The predicted octanol–water partition coefficient (Wildman–Crippen LogP) is 2.98. The molecule has 0 aromatic heterocycles. The van der Waals surface area contributed by atoms with Gasteiger partial charge in [-0.1, -0.05) is 59.7 Å². The Hall–Kier alpha value is -1.72. The van der Waals surface area contributed by atoms with Gasteiger partial charge >= 0.3 is 0 Å². The molecule has 0 unspecified atom stereocenters. The van der Waals surface area contributed by atoms with Crippen molar-refractivity contribution in [2.24, 2.45) is 0 Å². The molecule has 4 atom stereocenters. The maximum atomic E-state index is 6.22. The molecule has 2 saturated heterocycles. The van der Waals surface area contributed by atoms with Crippen LogP contribution in [0, 0.1) is 13.8 Å². The number of hydrogen-bond donors (Lipinski definition) is 2. The fraction of sp³-hybridized carbons (Fsp3) is 0.400. The Morgan fingerprint density at radius 1 is 0.667 bits per heavy atom. The summed E-state index contributed by atoms with van der Waals surface area (Å²) in [7, 11) is 0. The van der Waals surface area contributed by atoms with E-state index in [1.54, 1.807) is 0 Å². The van der Waals surface area contributed by atoms with Crippen molar-refractivity contribution < 1.29 is 9.47 Å². The fourth-order valence-corrected chi connectivity index (χ4v) is 3.30. The Morgan fingerprint density at radius 2 is 1.04 bits per heavy atom. The minimum atomic E-state index is -0.0619. The fourth-order valence-electron chi connectivity index (χ4n) is 3.30. The standard InChI is InChI=1S/C20H24N2O2/c1-13-3-7-15(8-4-13)19-21-11-18-17(23-19)12-22-20(24-18)16-9-5-14(2)6-10-16/h3-10,17-22H,11-12H2,1-2H3/t17-,18-,19+,20+/m0/s1. The van der Waals surface area contributed by atoms with E-state index in [9.17, 15) is 0 Å². The van der Waals surface area contributed by atoms with E-state index in [0.717, 1.165) is 13.1 Å². The summed E-state index contributed by atoms with van der Waals surface area (Å²) >= 11 is 0. The Kier molecular flexibility index (Phi) is 4.37. The second-order valence-electron chi connectivity index (χ2n) is 6.75. The molecule has 2 aromatic carbocycles. The van der Waals surface area contributed by atoms with Crippen LogP contribution in [0.15, 0.2) is 48.5 Å². The van der Waals surface area contributed by atoms with Crippen LogP contribution in [0.4, 0.5) is 0 Å². The number of fused-ring (bicyclic) bond motifs is 1. The second-order valence-corrected chi connectivity index (χ2v) is 6.75. The number of rotatable bonds is 2. The van der Waals surface area contributed by atoms with E-state index in [-0.39, 0.29) is 24.7 Å². The van der Waals surface area contributed by atoms with Gasteiger partial charge in [-0.15, -0.1) is 0 Å². The monoisotopic (exact) mass is 324 g/mol. The highest BCUT2D eigenvalue weighted by molar-refractivity contribution is 5.24. The van der Waals surface area contributed by atoms with Crippen LogP contribution in [0.5, 0.6) is 0 Å². The van der Waals surface area contributed by atoms with Gasteiger partial charge in [0.2, 0.25) is 0 Å². The first-order valence-electron chi connectivity index (χ1n) is 8.60. The van der Waals surface area contributed by atoms with Crippen LogP contribution in [0.25, 0.3) is 0 Å². The zero-order valence-corrected chi connectivity index (χ0v) is 14.2. The predicted molar refractivity (Wildman–Crippen MR) is 93.6 cm³/mol. The van der Waals surface area contributed by atoms with Gasteiger partial charge in [0, 0.05) is 13.1 Å². The molecule has 2 aliphatic heterocycles. The van der Waals surface area contributed by atoms with Gasteiger partial charge in [-0.2, -0.15) is 0 Å². The molecule has 24 heavy (non-hydrogen) atoms. The summed E-state index contributed by atoms with van der Waals surface area (Å²) < 4.78 is 12.4. The molecular weight excluding hydrogens is 300 g/mol. The topological polar surface area (TPSA) is 42.5 Å². The first-order chi connectivity index (χ1) is 11.7. The van der Waals surface area contributed by atoms with Crippen molar-refractivity contribution in [2.45, 2.75) is 38.5 Å². The average molecular weight is 324 g/mol. The molecule has 0 aliphatic carbocycles. The Morgan fingerprint density at radius 3 is 1.42 bits per heavy atom. The summed E-state index contributed by atoms with van der Waals surface area (Å²) in [5.41, 5.74) is 4.85. The van der Waals surface area contributed by atoms with Gasteiger partial charge in [0.15, 0.2) is 0 Å². The van der Waals surface area contributed by atoms with Crippen molar-refractivity contribution in [2.75, 3.05) is 13.1 Å². The maximum Gasteiger partial charge on any atom is 0.134 e. The van der Waals surface area contributed by atoms with Gasteiger partial charge in [0.25, 0.3) is 0 Å². The highest BCUT2D eigenvalue weighted by atomic mass is 16.6. The Balaban J connectivity index is 1.41. The van der Waals surface area contributed by atoms with Crippen molar-refractivity contribution in [3.05, 3.63) is 70.8 Å². The SMILES string of the molecule is Cc1ccc([C@@H]2NC[C@@H]3O[C@H](c4ccc(C)cc4)NC[C@@H]3O2)cc1. The van der Waals surface area contributed by atoms with Gasteiger partial charge in [-0.3, -0.25) is 10.6 Å². The van der Waals surface area contributed by atoms with Crippen LogP contribution in [0.3, 0.4) is 0 Å². The van der Waals surface area contributed by atoms with Crippen molar-refractivity contribution in [3.8, 4) is 0 Å². The van der Waals surface area contributed by atoms with Gasteiger partial charge in [-0.05, 0) is 25.0 Å². The largest absolute Gasteiger partial charge is 0.352 e. The zero-order chi connectivity index (χ0) is 16.5.